The van der Waals surface area contributed by atoms with Crippen molar-refractivity contribution in [1.82, 2.24) is 24.0 Å². The van der Waals surface area contributed by atoms with Crippen molar-refractivity contribution in [1.29, 1.82) is 0 Å². The van der Waals surface area contributed by atoms with E-state index in [9.17, 15) is 9.59 Å². The zero-order valence-electron chi connectivity index (χ0n) is 28.4. The molecule has 2 aliphatic rings. The molecule has 2 aliphatic heterocycles. The normalized spacial score (nSPS) is 17.7. The SMILES string of the molecule is C=CC(=O)N1CC2CCOc3c(c4cc(F)c(-c5c(C)ccc6[nH]c(=O)n(C)c56)c(Cl)c4n(-c4c(C)ccnc4C(C)C)c3=O)N2CC1C. The van der Waals surface area contributed by atoms with Crippen molar-refractivity contribution in [3.8, 4) is 22.6 Å². The maximum absolute atomic E-state index is 17.0. The van der Waals surface area contributed by atoms with Crippen LogP contribution in [0, 0.1) is 19.7 Å². The average molecular weight is 685 g/mol. The molecule has 5 aromatic rings. The highest BCUT2D eigenvalue weighted by atomic mass is 35.5. The Balaban J connectivity index is 1.64. The number of fused-ring (bicyclic) bond motifs is 6. The summed E-state index contributed by atoms with van der Waals surface area (Å²) in [6.45, 7) is 14.3. The number of rotatable bonds is 4. The van der Waals surface area contributed by atoms with Gasteiger partial charge in [-0.05, 0) is 62.1 Å². The number of aromatic nitrogens is 4. The number of hydrogen-bond donors (Lipinski definition) is 1. The first-order valence-corrected chi connectivity index (χ1v) is 16.8. The molecule has 5 heterocycles. The van der Waals surface area contributed by atoms with Gasteiger partial charge in [0, 0.05) is 55.3 Å². The van der Waals surface area contributed by atoms with Crippen molar-refractivity contribution >= 4 is 45.1 Å². The number of imidazole rings is 1. The molecule has 7 rings (SSSR count). The molecule has 0 aliphatic carbocycles. The predicted molar refractivity (Wildman–Crippen MR) is 191 cm³/mol. The van der Waals surface area contributed by atoms with Crippen molar-refractivity contribution in [3.05, 3.63) is 91.6 Å². The van der Waals surface area contributed by atoms with Gasteiger partial charge in [0.25, 0.3) is 5.56 Å². The fourth-order valence-electron chi connectivity index (χ4n) is 7.61. The lowest BCUT2D eigenvalue weighted by atomic mass is 9.95. The molecule has 49 heavy (non-hydrogen) atoms. The Kier molecular flexibility index (Phi) is 7.93. The van der Waals surface area contributed by atoms with E-state index in [1.165, 1.54) is 21.3 Å². The molecule has 1 fully saturated rings. The van der Waals surface area contributed by atoms with Gasteiger partial charge < -0.3 is 19.5 Å². The van der Waals surface area contributed by atoms with Gasteiger partial charge in [0.2, 0.25) is 11.7 Å². The van der Waals surface area contributed by atoms with E-state index in [0.29, 0.717) is 69.6 Å². The molecule has 254 valence electrons. The minimum absolute atomic E-state index is 0.0198. The summed E-state index contributed by atoms with van der Waals surface area (Å²) in [7, 11) is 1.62. The molecule has 0 spiro atoms. The average Bonchev–Trinajstić information content (AvgIpc) is 3.22. The number of nitrogens with one attached hydrogen (secondary N) is 1. The standard InChI is InChI=1S/C37H38ClFN6O4/c1-8-26(46)43-17-22-12-14-49-35-33(44(22)16-21(43)6)23-15-24(39)28(27-19(4)9-10-25-34(27)42(7)37(48)41-25)29(38)32(23)45(36(35)47)31-20(5)11-13-40-30(31)18(2)3/h8-11,13,15,18,21-22H,1,12,14,16-17H2,2-7H3,(H,41,48). The summed E-state index contributed by atoms with van der Waals surface area (Å²) in [5, 5.41) is 0.417. The third-order valence-corrected chi connectivity index (χ3v) is 10.4. The van der Waals surface area contributed by atoms with Gasteiger partial charge in [-0.25, -0.2) is 9.18 Å². The molecule has 2 aromatic carbocycles. The van der Waals surface area contributed by atoms with Gasteiger partial charge in [-0.1, -0.05) is 38.1 Å². The first-order chi connectivity index (χ1) is 23.3. The van der Waals surface area contributed by atoms with E-state index in [1.54, 1.807) is 24.2 Å². The second-order valence-electron chi connectivity index (χ2n) is 13.4. The number of amides is 1. The molecular formula is C37H38ClFN6O4. The highest BCUT2D eigenvalue weighted by Crippen LogP contribution is 2.47. The van der Waals surface area contributed by atoms with Crippen LogP contribution in [0.2, 0.25) is 5.02 Å². The van der Waals surface area contributed by atoms with Crippen molar-refractivity contribution in [2.24, 2.45) is 7.05 Å². The number of piperazine rings is 1. The lowest BCUT2D eigenvalue weighted by molar-refractivity contribution is -0.128. The smallest absolute Gasteiger partial charge is 0.326 e. The number of ether oxygens (including phenoxy) is 1. The van der Waals surface area contributed by atoms with Crippen LogP contribution in [0.5, 0.6) is 5.75 Å². The van der Waals surface area contributed by atoms with Crippen LogP contribution in [0.1, 0.15) is 49.9 Å². The highest BCUT2D eigenvalue weighted by Gasteiger charge is 2.39. The van der Waals surface area contributed by atoms with Crippen LogP contribution in [0.3, 0.4) is 0 Å². The quantitative estimate of drug-likeness (QED) is 0.228. The Labute approximate surface area is 287 Å². The number of H-pyrrole nitrogens is 1. The maximum atomic E-state index is 17.0. The van der Waals surface area contributed by atoms with E-state index in [0.717, 1.165) is 5.56 Å². The van der Waals surface area contributed by atoms with E-state index in [4.69, 9.17) is 16.3 Å². The van der Waals surface area contributed by atoms with Crippen LogP contribution in [0.25, 0.3) is 38.8 Å². The van der Waals surface area contributed by atoms with Gasteiger partial charge >= 0.3 is 5.69 Å². The number of aromatic amines is 1. The molecule has 2 unspecified atom stereocenters. The molecule has 2 atom stereocenters. The predicted octanol–water partition coefficient (Wildman–Crippen LogP) is 6.14. The first kappa shape index (κ1) is 32.6. The number of aryl methyl sites for hydroxylation is 3. The van der Waals surface area contributed by atoms with Gasteiger partial charge in [0.05, 0.1) is 51.3 Å². The lowest BCUT2D eigenvalue weighted by Gasteiger charge is -2.45. The zero-order valence-corrected chi connectivity index (χ0v) is 29.1. The Hall–Kier alpha value is -4.90. The fraction of sp³-hybridized carbons (Fsp3) is 0.351. The molecule has 1 N–H and O–H groups in total. The van der Waals surface area contributed by atoms with E-state index < -0.39 is 11.4 Å². The van der Waals surface area contributed by atoms with E-state index in [1.807, 2.05) is 46.8 Å². The van der Waals surface area contributed by atoms with Gasteiger partial charge in [0.1, 0.15) is 5.82 Å². The summed E-state index contributed by atoms with van der Waals surface area (Å²) in [4.78, 5) is 51.9. The van der Waals surface area contributed by atoms with E-state index in [2.05, 4.69) is 21.4 Å². The number of halogens is 2. The largest absolute Gasteiger partial charge is 0.486 e. The summed E-state index contributed by atoms with van der Waals surface area (Å²) >= 11 is 7.45. The van der Waals surface area contributed by atoms with Gasteiger partial charge in [0.15, 0.2) is 0 Å². The number of nitrogens with zero attached hydrogens (tertiary/aromatic N) is 5. The number of pyridine rings is 2. The number of anilines is 1. The number of carbonyl (C=O) groups excluding carboxylic acids is 1. The molecule has 1 saturated heterocycles. The van der Waals surface area contributed by atoms with Crippen LogP contribution in [-0.4, -0.2) is 61.7 Å². The molecule has 0 saturated carbocycles. The highest BCUT2D eigenvalue weighted by molar-refractivity contribution is 6.39. The summed E-state index contributed by atoms with van der Waals surface area (Å²) in [5.74, 6) is -0.761. The third kappa shape index (κ3) is 4.88. The molecule has 12 heteroatoms. The molecule has 1 amide bonds. The van der Waals surface area contributed by atoms with Crippen LogP contribution >= 0.6 is 11.6 Å². The molecule has 0 radical (unpaired) electrons. The minimum atomic E-state index is -0.615. The summed E-state index contributed by atoms with van der Waals surface area (Å²) in [6.07, 6.45) is 3.55. The van der Waals surface area contributed by atoms with Crippen molar-refractivity contribution in [3.63, 3.8) is 0 Å². The zero-order chi connectivity index (χ0) is 35.0. The molecule has 10 nitrogen and oxygen atoms in total. The van der Waals surface area contributed by atoms with Crippen LogP contribution in [-0.2, 0) is 11.8 Å². The van der Waals surface area contributed by atoms with Crippen molar-refractivity contribution in [2.45, 2.75) is 59.0 Å². The molecule has 0 bridgehead atoms. The number of hydrogen-bond acceptors (Lipinski definition) is 6. The maximum Gasteiger partial charge on any atom is 0.326 e. The van der Waals surface area contributed by atoms with Crippen molar-refractivity contribution < 1.29 is 13.9 Å². The van der Waals surface area contributed by atoms with Crippen molar-refractivity contribution in [2.75, 3.05) is 24.6 Å². The minimum Gasteiger partial charge on any atom is -0.486 e. The topological polar surface area (TPSA) is 105 Å². The lowest BCUT2D eigenvalue weighted by Crippen LogP contribution is -2.59. The van der Waals surface area contributed by atoms with Gasteiger partial charge in [-0.2, -0.15) is 0 Å². The second-order valence-corrected chi connectivity index (χ2v) is 13.8. The van der Waals surface area contributed by atoms with E-state index in [-0.39, 0.29) is 52.5 Å². The third-order valence-electron chi connectivity index (χ3n) is 10.0. The molecular weight excluding hydrogens is 647 g/mol. The molecule has 3 aromatic heterocycles. The summed E-state index contributed by atoms with van der Waals surface area (Å²) in [6, 6.07) is 6.40. The Morgan fingerprint density at radius 3 is 2.59 bits per heavy atom. The summed E-state index contributed by atoms with van der Waals surface area (Å²) < 4.78 is 26.3. The van der Waals surface area contributed by atoms with Gasteiger partial charge in [-0.3, -0.25) is 23.7 Å². The van der Waals surface area contributed by atoms with Crippen LogP contribution < -0.4 is 20.9 Å². The number of carbonyl (C=O) groups is 1. The van der Waals surface area contributed by atoms with Gasteiger partial charge in [-0.15, -0.1) is 0 Å². The van der Waals surface area contributed by atoms with Crippen LogP contribution in [0.4, 0.5) is 10.1 Å². The fourth-order valence-corrected chi connectivity index (χ4v) is 7.99. The Morgan fingerprint density at radius 1 is 1.12 bits per heavy atom. The first-order valence-electron chi connectivity index (χ1n) is 16.4. The number of benzene rings is 2. The van der Waals surface area contributed by atoms with Crippen LogP contribution in [0.15, 0.2) is 52.7 Å². The monoisotopic (exact) mass is 684 g/mol. The Morgan fingerprint density at radius 2 is 1.88 bits per heavy atom. The Bertz CT molecular complexity index is 2340. The summed E-state index contributed by atoms with van der Waals surface area (Å²) in [5.41, 5.74) is 4.22. The second kappa shape index (κ2) is 11.9. The van der Waals surface area contributed by atoms with E-state index >= 15 is 9.18 Å².